The van der Waals surface area contributed by atoms with Crippen LogP contribution in [0.25, 0.3) is 0 Å². The van der Waals surface area contributed by atoms with Crippen LogP contribution in [0.5, 0.6) is 0 Å². The van der Waals surface area contributed by atoms with E-state index in [-0.39, 0.29) is 5.91 Å². The molecular formula is C16H23N5O. The molecule has 0 saturated heterocycles. The van der Waals surface area contributed by atoms with E-state index in [2.05, 4.69) is 15.5 Å². The number of nitrogens with zero attached hydrogens (tertiary/aromatic N) is 4. The number of carbonyl (C=O) groups is 1. The lowest BCUT2D eigenvalue weighted by Gasteiger charge is -2.03. The van der Waals surface area contributed by atoms with Gasteiger partial charge in [0.15, 0.2) is 0 Å². The van der Waals surface area contributed by atoms with Crippen molar-refractivity contribution < 1.29 is 4.79 Å². The van der Waals surface area contributed by atoms with Crippen LogP contribution in [0.15, 0.2) is 12.4 Å². The second-order valence-electron chi connectivity index (χ2n) is 6.22. The molecular weight excluding hydrogens is 278 g/mol. The summed E-state index contributed by atoms with van der Waals surface area (Å²) in [7, 11) is 1.93. The Kier molecular flexibility index (Phi) is 4.00. The van der Waals surface area contributed by atoms with Gasteiger partial charge in [0.1, 0.15) is 0 Å². The lowest BCUT2D eigenvalue weighted by atomic mass is 10.1. The van der Waals surface area contributed by atoms with Crippen LogP contribution in [0.4, 0.5) is 5.69 Å². The van der Waals surface area contributed by atoms with Gasteiger partial charge in [0.05, 0.1) is 17.6 Å². The predicted molar refractivity (Wildman–Crippen MR) is 84.6 cm³/mol. The summed E-state index contributed by atoms with van der Waals surface area (Å²) in [5, 5.41) is 11.6. The van der Waals surface area contributed by atoms with Gasteiger partial charge in [-0.15, -0.1) is 0 Å². The van der Waals surface area contributed by atoms with Crippen LogP contribution in [-0.2, 0) is 24.8 Å². The van der Waals surface area contributed by atoms with E-state index < -0.39 is 0 Å². The van der Waals surface area contributed by atoms with Gasteiger partial charge in [0.2, 0.25) is 5.91 Å². The molecule has 2 heterocycles. The number of hydrogen-bond donors (Lipinski definition) is 1. The van der Waals surface area contributed by atoms with Gasteiger partial charge in [0, 0.05) is 31.9 Å². The third-order valence-electron chi connectivity index (χ3n) is 4.32. The molecule has 6 heteroatoms. The molecule has 1 aliphatic rings. The zero-order valence-corrected chi connectivity index (χ0v) is 13.5. The van der Waals surface area contributed by atoms with Crippen molar-refractivity contribution >= 4 is 11.6 Å². The highest BCUT2D eigenvalue weighted by Crippen LogP contribution is 2.30. The molecule has 0 spiro atoms. The molecule has 1 amide bonds. The van der Waals surface area contributed by atoms with Crippen molar-refractivity contribution in [2.24, 2.45) is 13.0 Å². The fraction of sp³-hybridized carbons (Fsp3) is 0.562. The van der Waals surface area contributed by atoms with Crippen LogP contribution < -0.4 is 5.32 Å². The van der Waals surface area contributed by atoms with Gasteiger partial charge < -0.3 is 5.32 Å². The molecule has 0 bridgehead atoms. The molecule has 6 nitrogen and oxygen atoms in total. The lowest BCUT2D eigenvalue weighted by Crippen LogP contribution is -2.12. The molecule has 2 aromatic heterocycles. The number of amides is 1. The number of nitrogens with one attached hydrogen (secondary N) is 1. The van der Waals surface area contributed by atoms with Crippen molar-refractivity contribution in [2.75, 3.05) is 5.32 Å². The highest BCUT2D eigenvalue weighted by Gasteiger charge is 2.22. The third-order valence-corrected chi connectivity index (χ3v) is 4.32. The van der Waals surface area contributed by atoms with Crippen molar-refractivity contribution in [3.05, 3.63) is 29.3 Å². The molecule has 22 heavy (non-hydrogen) atoms. The molecule has 1 N–H and O–H groups in total. The van der Waals surface area contributed by atoms with Gasteiger partial charge in [-0.3, -0.25) is 14.2 Å². The minimum Gasteiger partial charge on any atom is -0.323 e. The number of aromatic nitrogens is 4. The highest BCUT2D eigenvalue weighted by molar-refractivity contribution is 5.90. The van der Waals surface area contributed by atoms with Crippen LogP contribution in [-0.4, -0.2) is 25.5 Å². The van der Waals surface area contributed by atoms with E-state index in [4.69, 9.17) is 0 Å². The van der Waals surface area contributed by atoms with Crippen molar-refractivity contribution in [3.63, 3.8) is 0 Å². The molecule has 1 aliphatic carbocycles. The van der Waals surface area contributed by atoms with Crippen LogP contribution in [0, 0.1) is 19.8 Å². The zero-order chi connectivity index (χ0) is 15.7. The Bertz CT molecular complexity index is 681. The molecule has 3 rings (SSSR count). The van der Waals surface area contributed by atoms with Gasteiger partial charge in [-0.1, -0.05) is 0 Å². The maximum Gasteiger partial charge on any atom is 0.224 e. The van der Waals surface area contributed by atoms with E-state index in [0.717, 1.165) is 29.5 Å². The van der Waals surface area contributed by atoms with Crippen molar-refractivity contribution in [1.82, 2.24) is 19.6 Å². The quantitative estimate of drug-likeness (QED) is 0.889. The van der Waals surface area contributed by atoms with Crippen molar-refractivity contribution in [1.29, 1.82) is 0 Å². The zero-order valence-electron chi connectivity index (χ0n) is 13.5. The standard InChI is InChI=1S/C16H23N5O/c1-11-15(12(2)20(3)19-11)6-7-16(22)18-14-8-17-21(10-14)9-13-4-5-13/h8,10,13H,4-7,9H2,1-3H3,(H,18,22). The van der Waals surface area contributed by atoms with E-state index in [1.807, 2.05) is 36.5 Å². The summed E-state index contributed by atoms with van der Waals surface area (Å²) in [5.41, 5.74) is 4.08. The SMILES string of the molecule is Cc1nn(C)c(C)c1CCC(=O)Nc1cnn(CC2CC2)c1. The molecule has 0 atom stereocenters. The lowest BCUT2D eigenvalue weighted by molar-refractivity contribution is -0.116. The van der Waals surface area contributed by atoms with E-state index in [1.165, 1.54) is 18.4 Å². The Morgan fingerprint density at radius 3 is 2.82 bits per heavy atom. The van der Waals surface area contributed by atoms with E-state index in [0.29, 0.717) is 12.8 Å². The largest absolute Gasteiger partial charge is 0.323 e. The second-order valence-corrected chi connectivity index (χ2v) is 6.22. The highest BCUT2D eigenvalue weighted by atomic mass is 16.1. The topological polar surface area (TPSA) is 64.7 Å². The van der Waals surface area contributed by atoms with Crippen LogP contribution in [0.1, 0.15) is 36.2 Å². The number of rotatable bonds is 6. The number of anilines is 1. The minimum atomic E-state index is 0.0219. The molecule has 0 aromatic carbocycles. The van der Waals surface area contributed by atoms with Gasteiger partial charge in [0.25, 0.3) is 0 Å². The van der Waals surface area contributed by atoms with E-state index in [9.17, 15) is 4.79 Å². The minimum absolute atomic E-state index is 0.0219. The number of carbonyl (C=O) groups excluding carboxylic acids is 1. The summed E-state index contributed by atoms with van der Waals surface area (Å²) in [6.45, 7) is 4.99. The monoisotopic (exact) mass is 301 g/mol. The van der Waals surface area contributed by atoms with Crippen LogP contribution in [0.3, 0.4) is 0 Å². The first kappa shape index (κ1) is 14.8. The summed E-state index contributed by atoms with van der Waals surface area (Å²) in [6, 6.07) is 0. The average molecular weight is 301 g/mol. The molecule has 118 valence electrons. The van der Waals surface area contributed by atoms with Gasteiger partial charge in [-0.25, -0.2) is 0 Å². The molecule has 0 radical (unpaired) electrons. The predicted octanol–water partition coefficient (Wildman–Crippen LogP) is 2.21. The number of aryl methyl sites for hydroxylation is 2. The molecule has 0 aliphatic heterocycles. The summed E-state index contributed by atoms with van der Waals surface area (Å²) in [4.78, 5) is 12.1. The number of hydrogen-bond acceptors (Lipinski definition) is 3. The maximum absolute atomic E-state index is 12.1. The van der Waals surface area contributed by atoms with Gasteiger partial charge >= 0.3 is 0 Å². The fourth-order valence-corrected chi connectivity index (χ4v) is 2.73. The average Bonchev–Trinajstić information content (AvgIpc) is 3.11. The molecule has 1 fully saturated rings. The maximum atomic E-state index is 12.1. The van der Waals surface area contributed by atoms with Crippen LogP contribution in [0.2, 0.25) is 0 Å². The Labute approximate surface area is 130 Å². The molecule has 1 saturated carbocycles. The normalized spacial score (nSPS) is 14.3. The first-order chi connectivity index (χ1) is 10.5. The Morgan fingerprint density at radius 2 is 2.18 bits per heavy atom. The van der Waals surface area contributed by atoms with E-state index in [1.54, 1.807) is 6.20 Å². The van der Waals surface area contributed by atoms with E-state index >= 15 is 0 Å². The molecule has 0 unspecified atom stereocenters. The van der Waals surface area contributed by atoms with Gasteiger partial charge in [-0.2, -0.15) is 10.2 Å². The Hall–Kier alpha value is -2.11. The third kappa shape index (κ3) is 3.37. The second kappa shape index (κ2) is 5.94. The Morgan fingerprint density at radius 1 is 1.41 bits per heavy atom. The fourth-order valence-electron chi connectivity index (χ4n) is 2.73. The van der Waals surface area contributed by atoms with Crippen molar-refractivity contribution in [2.45, 2.75) is 46.1 Å². The molecule has 2 aromatic rings. The summed E-state index contributed by atoms with van der Waals surface area (Å²) in [6.07, 6.45) is 7.41. The summed E-state index contributed by atoms with van der Waals surface area (Å²) >= 11 is 0. The van der Waals surface area contributed by atoms with Crippen molar-refractivity contribution in [3.8, 4) is 0 Å². The first-order valence-corrected chi connectivity index (χ1v) is 7.84. The van der Waals surface area contributed by atoms with Crippen LogP contribution >= 0.6 is 0 Å². The smallest absolute Gasteiger partial charge is 0.224 e. The summed E-state index contributed by atoms with van der Waals surface area (Å²) < 4.78 is 3.78. The summed E-state index contributed by atoms with van der Waals surface area (Å²) in [5.74, 6) is 0.800. The van der Waals surface area contributed by atoms with Gasteiger partial charge in [-0.05, 0) is 44.6 Å². The first-order valence-electron chi connectivity index (χ1n) is 7.84. The Balaban J connectivity index is 1.52.